The first-order valence-electron chi connectivity index (χ1n) is 12.2. The largest absolute Gasteiger partial charge is 0.497 e. The standard InChI is InChI=1S/C27H41N3O5S/c1-18(2)26(36(33,34)21-14-12-20(35-6)13-15-21)29-17-23(31)22(16-19-10-8-7-9-11-19)30-25(32)24(28)27(3,4)5/h7-15,18,22-24,26,29,31H,16-17,28H2,1-6H3,(H,30,32)/t22-,23+,24+,26?/m0/s1. The van der Waals surface area contributed by atoms with Crippen LogP contribution >= 0.6 is 0 Å². The lowest BCUT2D eigenvalue weighted by Crippen LogP contribution is -2.57. The van der Waals surface area contributed by atoms with Crippen molar-refractivity contribution >= 4 is 15.7 Å². The molecule has 0 aromatic heterocycles. The van der Waals surface area contributed by atoms with Crippen LogP contribution in [0.2, 0.25) is 0 Å². The minimum absolute atomic E-state index is 0.0409. The number of rotatable bonds is 12. The zero-order valence-corrected chi connectivity index (χ0v) is 22.9. The first-order chi connectivity index (χ1) is 16.8. The van der Waals surface area contributed by atoms with Crippen LogP contribution in [0.1, 0.15) is 40.2 Å². The highest BCUT2D eigenvalue weighted by molar-refractivity contribution is 7.92. The van der Waals surface area contributed by atoms with E-state index in [1.54, 1.807) is 26.0 Å². The number of aliphatic hydroxyl groups is 1. The summed E-state index contributed by atoms with van der Waals surface area (Å²) in [7, 11) is -2.23. The third kappa shape index (κ3) is 8.03. The number of carbonyl (C=O) groups is 1. The van der Waals surface area contributed by atoms with E-state index >= 15 is 0 Å². The zero-order valence-electron chi connectivity index (χ0n) is 22.1. The van der Waals surface area contributed by atoms with E-state index in [0.717, 1.165) is 5.56 Å². The maximum atomic E-state index is 13.4. The summed E-state index contributed by atoms with van der Waals surface area (Å²) in [5.74, 6) is -0.0825. The molecule has 36 heavy (non-hydrogen) atoms. The van der Waals surface area contributed by atoms with E-state index in [1.807, 2.05) is 51.1 Å². The zero-order chi connectivity index (χ0) is 27.1. The molecule has 8 nitrogen and oxygen atoms in total. The van der Waals surface area contributed by atoms with Gasteiger partial charge in [-0.05, 0) is 47.6 Å². The minimum Gasteiger partial charge on any atom is -0.497 e. The van der Waals surface area contributed by atoms with Crippen LogP contribution in [0, 0.1) is 11.3 Å². The molecule has 200 valence electrons. The Balaban J connectivity index is 2.22. The summed E-state index contributed by atoms with van der Waals surface area (Å²) in [4.78, 5) is 13.0. The highest BCUT2D eigenvalue weighted by Crippen LogP contribution is 2.23. The summed E-state index contributed by atoms with van der Waals surface area (Å²) in [5, 5.41) is 16.1. The van der Waals surface area contributed by atoms with Crippen LogP contribution in [-0.2, 0) is 21.1 Å². The topological polar surface area (TPSA) is 131 Å². The average Bonchev–Trinajstić information content (AvgIpc) is 2.82. The van der Waals surface area contributed by atoms with Crippen molar-refractivity contribution in [1.29, 1.82) is 0 Å². The number of benzene rings is 2. The van der Waals surface area contributed by atoms with Crippen LogP contribution in [0.3, 0.4) is 0 Å². The summed E-state index contributed by atoms with van der Waals surface area (Å²) in [6, 6.07) is 14.3. The number of nitrogens with two attached hydrogens (primary N) is 1. The predicted molar refractivity (Wildman–Crippen MR) is 142 cm³/mol. The molecule has 0 fully saturated rings. The van der Waals surface area contributed by atoms with Crippen molar-refractivity contribution in [3.8, 4) is 5.75 Å². The van der Waals surface area contributed by atoms with Crippen LogP contribution in [0.4, 0.5) is 0 Å². The minimum atomic E-state index is -3.75. The van der Waals surface area contributed by atoms with Crippen molar-refractivity contribution in [2.24, 2.45) is 17.1 Å². The molecular weight excluding hydrogens is 478 g/mol. The van der Waals surface area contributed by atoms with Crippen molar-refractivity contribution in [2.75, 3.05) is 13.7 Å². The lowest BCUT2D eigenvalue weighted by molar-refractivity contribution is -0.126. The van der Waals surface area contributed by atoms with Crippen LogP contribution in [-0.4, -0.2) is 56.6 Å². The molecule has 0 saturated carbocycles. The SMILES string of the molecule is COc1ccc(S(=O)(=O)C(NC[C@@H](O)[C@H](Cc2ccccc2)NC(=O)[C@@H](N)C(C)(C)C)C(C)C)cc1. The van der Waals surface area contributed by atoms with Crippen molar-refractivity contribution in [1.82, 2.24) is 10.6 Å². The Kier molecular flexibility index (Phi) is 10.5. The fraction of sp³-hybridized carbons (Fsp3) is 0.519. The Hall–Kier alpha value is -2.46. The number of hydrogen-bond acceptors (Lipinski definition) is 7. The van der Waals surface area contributed by atoms with E-state index < -0.39 is 38.8 Å². The van der Waals surface area contributed by atoms with Gasteiger partial charge in [-0.3, -0.25) is 10.1 Å². The van der Waals surface area contributed by atoms with Gasteiger partial charge in [-0.25, -0.2) is 8.42 Å². The van der Waals surface area contributed by atoms with Gasteiger partial charge in [-0.2, -0.15) is 0 Å². The average molecular weight is 520 g/mol. The van der Waals surface area contributed by atoms with Gasteiger partial charge in [0, 0.05) is 6.54 Å². The summed E-state index contributed by atoms with van der Waals surface area (Å²) in [5.41, 5.74) is 6.61. The first kappa shape index (κ1) is 29.8. The monoisotopic (exact) mass is 519 g/mol. The van der Waals surface area contributed by atoms with Gasteiger partial charge in [0.05, 0.1) is 30.2 Å². The van der Waals surface area contributed by atoms with Gasteiger partial charge in [0.1, 0.15) is 11.1 Å². The maximum Gasteiger partial charge on any atom is 0.237 e. The molecule has 0 aliphatic carbocycles. The lowest BCUT2D eigenvalue weighted by atomic mass is 9.86. The Morgan fingerprint density at radius 3 is 2.14 bits per heavy atom. The summed E-state index contributed by atoms with van der Waals surface area (Å²) in [6.45, 7) is 9.18. The smallest absolute Gasteiger partial charge is 0.237 e. The van der Waals surface area contributed by atoms with Gasteiger partial charge in [0.25, 0.3) is 0 Å². The van der Waals surface area contributed by atoms with E-state index in [4.69, 9.17) is 10.5 Å². The van der Waals surface area contributed by atoms with E-state index in [0.29, 0.717) is 12.2 Å². The van der Waals surface area contributed by atoms with Gasteiger partial charge in [0.15, 0.2) is 9.84 Å². The van der Waals surface area contributed by atoms with E-state index in [2.05, 4.69) is 10.6 Å². The molecule has 0 radical (unpaired) electrons. The lowest BCUT2D eigenvalue weighted by Gasteiger charge is -2.31. The Morgan fingerprint density at radius 1 is 1.06 bits per heavy atom. The molecule has 0 heterocycles. The molecule has 0 saturated heterocycles. The van der Waals surface area contributed by atoms with Gasteiger partial charge in [0.2, 0.25) is 5.91 Å². The molecule has 1 amide bonds. The number of methoxy groups -OCH3 is 1. The van der Waals surface area contributed by atoms with Crippen molar-refractivity contribution in [2.45, 2.75) is 69.5 Å². The maximum absolute atomic E-state index is 13.4. The molecule has 1 unspecified atom stereocenters. The van der Waals surface area contributed by atoms with Gasteiger partial charge in [-0.15, -0.1) is 0 Å². The molecule has 0 bridgehead atoms. The van der Waals surface area contributed by atoms with E-state index in [9.17, 15) is 18.3 Å². The fourth-order valence-corrected chi connectivity index (χ4v) is 5.65. The second-order valence-corrected chi connectivity index (χ2v) is 12.6. The number of amides is 1. The summed E-state index contributed by atoms with van der Waals surface area (Å²) in [6.07, 6.45) is -0.696. The van der Waals surface area contributed by atoms with E-state index in [-0.39, 0.29) is 23.3 Å². The molecule has 0 aliphatic heterocycles. The molecule has 0 aliphatic rings. The molecule has 9 heteroatoms. The number of ether oxygens (including phenoxy) is 1. The third-order valence-electron chi connectivity index (χ3n) is 6.16. The van der Waals surface area contributed by atoms with Crippen molar-refractivity contribution in [3.63, 3.8) is 0 Å². The number of nitrogens with one attached hydrogen (secondary N) is 2. The van der Waals surface area contributed by atoms with Gasteiger partial charge < -0.3 is 20.9 Å². The Bertz CT molecular complexity index is 1070. The first-order valence-corrected chi connectivity index (χ1v) is 13.7. The summed E-state index contributed by atoms with van der Waals surface area (Å²) >= 11 is 0. The highest BCUT2D eigenvalue weighted by atomic mass is 32.2. The second kappa shape index (κ2) is 12.7. The predicted octanol–water partition coefficient (Wildman–Crippen LogP) is 2.50. The van der Waals surface area contributed by atoms with Crippen molar-refractivity contribution < 1.29 is 23.1 Å². The van der Waals surface area contributed by atoms with Gasteiger partial charge >= 0.3 is 0 Å². The quantitative estimate of drug-likeness (QED) is 0.339. The number of aliphatic hydroxyl groups excluding tert-OH is 1. The van der Waals surface area contributed by atoms with Crippen LogP contribution in [0.5, 0.6) is 5.75 Å². The van der Waals surface area contributed by atoms with E-state index in [1.165, 1.54) is 19.2 Å². The second-order valence-electron chi connectivity index (χ2n) is 10.5. The normalized spacial score (nSPS) is 15.7. The Morgan fingerprint density at radius 2 is 1.64 bits per heavy atom. The van der Waals surface area contributed by atoms with Gasteiger partial charge in [-0.1, -0.05) is 65.0 Å². The number of carbonyl (C=O) groups excluding carboxylic acids is 1. The van der Waals surface area contributed by atoms with Crippen LogP contribution in [0.25, 0.3) is 0 Å². The van der Waals surface area contributed by atoms with Crippen LogP contribution in [0.15, 0.2) is 59.5 Å². The van der Waals surface area contributed by atoms with Crippen molar-refractivity contribution in [3.05, 3.63) is 60.2 Å². The number of sulfone groups is 1. The molecule has 2 aromatic carbocycles. The molecular formula is C27H41N3O5S. The highest BCUT2D eigenvalue weighted by Gasteiger charge is 2.33. The molecule has 2 aromatic rings. The molecule has 5 N–H and O–H groups in total. The summed E-state index contributed by atoms with van der Waals surface area (Å²) < 4.78 is 31.8. The third-order valence-corrected chi connectivity index (χ3v) is 8.47. The Labute approximate surface area is 215 Å². The molecule has 2 rings (SSSR count). The molecule has 4 atom stereocenters. The number of hydrogen-bond donors (Lipinski definition) is 4. The fourth-order valence-electron chi connectivity index (χ4n) is 3.81. The molecule has 0 spiro atoms. The van der Waals surface area contributed by atoms with Crippen LogP contribution < -0.4 is 21.1 Å².